The Morgan fingerprint density at radius 2 is 1.77 bits per heavy atom. The van der Waals surface area contributed by atoms with E-state index in [2.05, 4.69) is 26.6 Å². The molecule has 0 saturated carbocycles. The molecule has 0 bridgehead atoms. The van der Waals surface area contributed by atoms with Crippen LogP contribution < -0.4 is 10.6 Å². The van der Waals surface area contributed by atoms with Gasteiger partial charge in [0.05, 0.1) is 7.11 Å². The van der Waals surface area contributed by atoms with E-state index in [0.717, 1.165) is 16.5 Å². The number of likely N-dealkylation sites (N-methyl/N-ethyl adjacent to an activating group) is 3. The summed E-state index contributed by atoms with van der Waals surface area (Å²) < 4.78 is 10.9. The summed E-state index contributed by atoms with van der Waals surface area (Å²) in [6.07, 6.45) is 5.27. The van der Waals surface area contributed by atoms with Crippen molar-refractivity contribution in [3.63, 3.8) is 0 Å². The van der Waals surface area contributed by atoms with Crippen LogP contribution in [0.3, 0.4) is 0 Å². The van der Waals surface area contributed by atoms with Crippen molar-refractivity contribution in [1.29, 1.82) is 0 Å². The first-order valence-electron chi connectivity index (χ1n) is 18.0. The molecule has 2 rings (SSSR count). The van der Waals surface area contributed by atoms with E-state index in [1.54, 1.807) is 58.0 Å². The molecule has 13 nitrogen and oxygen atoms in total. The van der Waals surface area contributed by atoms with E-state index >= 15 is 0 Å². The number of carbonyl (C=O) groups is 6. The molecule has 2 N–H and O–H groups in total. The molecule has 296 valence electrons. The molecule has 1 aliphatic heterocycles. The van der Waals surface area contributed by atoms with Gasteiger partial charge in [-0.2, -0.15) is 0 Å². The summed E-state index contributed by atoms with van der Waals surface area (Å²) >= 11 is 9.87. The lowest BCUT2D eigenvalue weighted by Crippen LogP contribution is -2.59. The normalized spacial score (nSPS) is 20.8. The van der Waals surface area contributed by atoms with E-state index in [9.17, 15) is 28.8 Å². The predicted molar refractivity (Wildman–Crippen MR) is 207 cm³/mol. The number of halogens is 2. The average molecular weight is 827 g/mol. The number of amides is 5. The smallest absolute Gasteiger partial charge is 0.408 e. The minimum absolute atomic E-state index is 0.0272. The fraction of sp³-hybridized carbons (Fsp3) is 0.632. The molecule has 4 atom stereocenters. The number of esters is 1. The number of nitrogens with one attached hydrogen (secondary N) is 2. The van der Waals surface area contributed by atoms with Gasteiger partial charge in [0.1, 0.15) is 29.8 Å². The second-order valence-electron chi connectivity index (χ2n) is 14.8. The SMILES string of the molecule is COC(=O)CC[C@H](NC(=O)OC(C)(C)C)C(=O)N(C)[C@H]1C/C=C/CCCCN(C)C(=O)[C@H](Cc2cc(Cl)ccc2Br)N(C)C(=O)[C@H](CC(C)C)NC1=O. The Kier molecular flexibility index (Phi) is 18.3. The number of benzene rings is 1. The fourth-order valence-corrected chi connectivity index (χ4v) is 6.49. The van der Waals surface area contributed by atoms with Crippen LogP contribution in [0, 0.1) is 5.92 Å². The van der Waals surface area contributed by atoms with Gasteiger partial charge < -0.3 is 34.8 Å². The number of carbonyl (C=O) groups excluding carboxylic acids is 6. The maximum atomic E-state index is 14.4. The van der Waals surface area contributed by atoms with Gasteiger partial charge in [-0.1, -0.05) is 53.5 Å². The standard InChI is InChI=1S/C38H57BrClN5O8/c1-24(2)21-29-35(49)45(8)31(23-25-22-26(40)16-17-27(25)39)36(50)43(6)20-14-12-10-11-13-15-30(33(47)41-29)44(7)34(48)28(18-19-32(46)52-9)42-37(51)53-38(3,4)5/h11,13,16-17,22,24,28-31H,10,12,14-15,18-21,23H2,1-9H3,(H,41,47)(H,42,51)/b13-11+/t28-,29-,30-,31-/m0/s1. The molecule has 1 heterocycles. The molecular formula is C38H57BrClN5O8. The van der Waals surface area contributed by atoms with Gasteiger partial charge in [-0.25, -0.2) is 4.79 Å². The highest BCUT2D eigenvalue weighted by molar-refractivity contribution is 9.10. The molecule has 0 aliphatic carbocycles. The highest BCUT2D eigenvalue weighted by Crippen LogP contribution is 2.25. The van der Waals surface area contributed by atoms with Crippen molar-refractivity contribution in [2.45, 2.75) is 116 Å². The van der Waals surface area contributed by atoms with Gasteiger partial charge >= 0.3 is 12.1 Å². The summed E-state index contributed by atoms with van der Waals surface area (Å²) in [5, 5.41) is 5.94. The number of alkyl carbamates (subject to hydrolysis) is 1. The number of rotatable bonds is 10. The number of methoxy groups -OCH3 is 1. The number of allylic oxidation sites excluding steroid dienone is 1. The lowest BCUT2D eigenvalue weighted by Gasteiger charge is -2.35. The molecule has 0 aromatic heterocycles. The van der Waals surface area contributed by atoms with Crippen LogP contribution in [-0.4, -0.2) is 115 Å². The summed E-state index contributed by atoms with van der Waals surface area (Å²) in [5.41, 5.74) is -0.108. The van der Waals surface area contributed by atoms with Crippen molar-refractivity contribution >= 4 is 63.2 Å². The van der Waals surface area contributed by atoms with Crippen LogP contribution in [0.5, 0.6) is 0 Å². The van der Waals surface area contributed by atoms with Gasteiger partial charge in [0.15, 0.2) is 0 Å². The Morgan fingerprint density at radius 1 is 1.09 bits per heavy atom. The van der Waals surface area contributed by atoms with Crippen LogP contribution in [0.1, 0.15) is 85.1 Å². The van der Waals surface area contributed by atoms with Crippen molar-refractivity contribution < 1.29 is 38.2 Å². The minimum Gasteiger partial charge on any atom is -0.469 e. The topological polar surface area (TPSA) is 155 Å². The van der Waals surface area contributed by atoms with Gasteiger partial charge in [0.2, 0.25) is 23.6 Å². The molecule has 1 aromatic rings. The van der Waals surface area contributed by atoms with E-state index in [4.69, 9.17) is 21.1 Å². The van der Waals surface area contributed by atoms with Gasteiger partial charge in [-0.3, -0.25) is 24.0 Å². The van der Waals surface area contributed by atoms with Gasteiger partial charge in [0, 0.05) is 50.0 Å². The third-order valence-electron chi connectivity index (χ3n) is 8.83. The number of nitrogens with zero attached hydrogens (tertiary/aromatic N) is 3. The molecule has 0 saturated heterocycles. The van der Waals surface area contributed by atoms with Gasteiger partial charge in [0.25, 0.3) is 0 Å². The molecule has 1 aliphatic rings. The molecule has 5 amide bonds. The van der Waals surface area contributed by atoms with E-state index in [1.165, 1.54) is 24.0 Å². The molecule has 0 radical (unpaired) electrons. The second-order valence-corrected chi connectivity index (χ2v) is 16.1. The summed E-state index contributed by atoms with van der Waals surface area (Å²) in [6, 6.07) is 1.02. The highest BCUT2D eigenvalue weighted by Gasteiger charge is 2.38. The molecule has 0 unspecified atom stereocenters. The zero-order valence-electron chi connectivity index (χ0n) is 32.5. The lowest BCUT2D eigenvalue weighted by atomic mass is 9.98. The Bertz CT molecular complexity index is 1480. The van der Waals surface area contributed by atoms with Crippen molar-refractivity contribution in [3.8, 4) is 0 Å². The van der Waals surface area contributed by atoms with Crippen molar-refractivity contribution in [1.82, 2.24) is 25.3 Å². The van der Waals surface area contributed by atoms with Crippen molar-refractivity contribution in [3.05, 3.63) is 45.4 Å². The Morgan fingerprint density at radius 3 is 2.40 bits per heavy atom. The number of ether oxygens (including phenoxy) is 2. The van der Waals surface area contributed by atoms with E-state index in [1.807, 2.05) is 26.0 Å². The lowest BCUT2D eigenvalue weighted by molar-refractivity contribution is -0.147. The first kappa shape index (κ1) is 45.5. The van der Waals surface area contributed by atoms with Crippen LogP contribution in [-0.2, 0) is 39.9 Å². The molecule has 53 heavy (non-hydrogen) atoms. The van der Waals surface area contributed by atoms with Gasteiger partial charge in [-0.05, 0) is 89.0 Å². The molecule has 15 heteroatoms. The Labute approximate surface area is 327 Å². The summed E-state index contributed by atoms with van der Waals surface area (Å²) in [6.45, 7) is 9.35. The van der Waals surface area contributed by atoms with Crippen molar-refractivity contribution in [2.24, 2.45) is 5.92 Å². The number of hydrogen-bond acceptors (Lipinski definition) is 8. The van der Waals surface area contributed by atoms with E-state index in [0.29, 0.717) is 24.4 Å². The minimum atomic E-state index is -1.22. The Hall–Kier alpha value is -3.65. The Balaban J connectivity index is 2.54. The average Bonchev–Trinajstić information content (AvgIpc) is 3.07. The van der Waals surface area contributed by atoms with E-state index < -0.39 is 59.6 Å². The maximum Gasteiger partial charge on any atom is 0.408 e. The summed E-state index contributed by atoms with van der Waals surface area (Å²) in [5.74, 6) is -2.54. The first-order valence-corrected chi connectivity index (χ1v) is 19.2. The third kappa shape index (κ3) is 15.0. The van der Waals surface area contributed by atoms with Crippen LogP contribution in [0.15, 0.2) is 34.8 Å². The largest absolute Gasteiger partial charge is 0.469 e. The zero-order chi connectivity index (χ0) is 40.0. The van der Waals surface area contributed by atoms with Crippen LogP contribution >= 0.6 is 27.5 Å². The summed E-state index contributed by atoms with van der Waals surface area (Å²) in [4.78, 5) is 85.7. The molecule has 0 fully saturated rings. The maximum absolute atomic E-state index is 14.4. The van der Waals surface area contributed by atoms with Gasteiger partial charge in [-0.15, -0.1) is 0 Å². The van der Waals surface area contributed by atoms with E-state index in [-0.39, 0.29) is 43.9 Å². The monoisotopic (exact) mass is 825 g/mol. The third-order valence-corrected chi connectivity index (χ3v) is 9.84. The molecule has 1 aromatic carbocycles. The van der Waals surface area contributed by atoms with Crippen LogP contribution in [0.25, 0.3) is 0 Å². The van der Waals surface area contributed by atoms with Crippen LogP contribution in [0.2, 0.25) is 5.02 Å². The predicted octanol–water partition coefficient (Wildman–Crippen LogP) is 5.27. The van der Waals surface area contributed by atoms with Crippen LogP contribution in [0.4, 0.5) is 4.79 Å². The molecular weight excluding hydrogens is 770 g/mol. The second kappa shape index (κ2) is 21.3. The quantitative estimate of drug-likeness (QED) is 0.239. The first-order chi connectivity index (χ1) is 24.7. The van der Waals surface area contributed by atoms with Crippen molar-refractivity contribution in [2.75, 3.05) is 34.8 Å². The molecule has 0 spiro atoms. The zero-order valence-corrected chi connectivity index (χ0v) is 34.8. The highest BCUT2D eigenvalue weighted by atomic mass is 79.9. The number of hydrogen-bond donors (Lipinski definition) is 2. The summed E-state index contributed by atoms with van der Waals surface area (Å²) in [7, 11) is 5.95. The fourth-order valence-electron chi connectivity index (χ4n) is 5.89.